The van der Waals surface area contributed by atoms with E-state index in [1.54, 1.807) is 12.3 Å². The molecule has 0 aliphatic carbocycles. The summed E-state index contributed by atoms with van der Waals surface area (Å²) in [6.07, 6.45) is 1.73. The van der Waals surface area contributed by atoms with Crippen molar-refractivity contribution in [2.24, 2.45) is 0 Å². The van der Waals surface area contributed by atoms with Crippen molar-refractivity contribution in [2.45, 2.75) is 33.6 Å². The summed E-state index contributed by atoms with van der Waals surface area (Å²) in [5.41, 5.74) is 3.64. The minimum absolute atomic E-state index is 0.0337. The Hall–Kier alpha value is -3.42. The average Bonchev–Trinajstić information content (AvgIpc) is 3.01. The number of halogens is 2. The van der Waals surface area contributed by atoms with E-state index in [0.29, 0.717) is 17.7 Å². The maximum atomic E-state index is 12.6. The lowest BCUT2D eigenvalue weighted by Gasteiger charge is -2.12. The Labute approximate surface area is 173 Å². The average molecular weight is 416 g/mol. The second-order valence-corrected chi connectivity index (χ2v) is 6.63. The lowest BCUT2D eigenvalue weighted by atomic mass is 10.2. The Morgan fingerprint density at radius 1 is 1.13 bits per heavy atom. The molecule has 0 bridgehead atoms. The number of hydrogen-bond donors (Lipinski definition) is 0. The molecule has 0 atom stereocenters. The van der Waals surface area contributed by atoms with E-state index in [1.807, 2.05) is 36.6 Å². The summed E-state index contributed by atoms with van der Waals surface area (Å²) in [7, 11) is 1.35. The first-order valence-electron chi connectivity index (χ1n) is 9.24. The molecule has 2 heterocycles. The van der Waals surface area contributed by atoms with Crippen LogP contribution in [-0.2, 0) is 17.9 Å². The monoisotopic (exact) mass is 416 g/mol. The van der Waals surface area contributed by atoms with E-state index in [4.69, 9.17) is 9.47 Å². The van der Waals surface area contributed by atoms with Gasteiger partial charge in [-0.2, -0.15) is 8.78 Å². The summed E-state index contributed by atoms with van der Waals surface area (Å²) in [6.45, 7) is 1.33. The van der Waals surface area contributed by atoms with Gasteiger partial charge >= 0.3 is 12.6 Å². The predicted octanol–water partition coefficient (Wildman–Crippen LogP) is 4.52. The van der Waals surface area contributed by atoms with Crippen molar-refractivity contribution in [3.63, 3.8) is 0 Å². The predicted molar refractivity (Wildman–Crippen MR) is 106 cm³/mol. The third-order valence-electron chi connectivity index (χ3n) is 4.65. The van der Waals surface area contributed by atoms with Crippen LogP contribution in [0.3, 0.4) is 0 Å². The summed E-state index contributed by atoms with van der Waals surface area (Å²) >= 11 is 0. The molecule has 3 aromatic rings. The zero-order valence-corrected chi connectivity index (χ0v) is 16.9. The first-order chi connectivity index (χ1) is 14.4. The largest absolute Gasteiger partial charge is 0.493 e. The molecule has 0 spiro atoms. The molecule has 8 heteroatoms. The van der Waals surface area contributed by atoms with E-state index < -0.39 is 12.6 Å². The first kappa shape index (κ1) is 21.3. The minimum Gasteiger partial charge on any atom is -0.493 e. The molecule has 3 rings (SSSR count). The van der Waals surface area contributed by atoms with Gasteiger partial charge in [-0.05, 0) is 49.7 Å². The van der Waals surface area contributed by atoms with Crippen LogP contribution in [-0.4, -0.2) is 29.2 Å². The van der Waals surface area contributed by atoms with Crippen molar-refractivity contribution >= 4 is 5.97 Å². The fraction of sp³-hybridized carbons (Fsp3) is 0.273. The van der Waals surface area contributed by atoms with Crippen molar-refractivity contribution in [1.82, 2.24) is 9.55 Å². The Bertz CT molecular complexity index is 1020. The summed E-state index contributed by atoms with van der Waals surface area (Å²) in [5, 5.41) is 0. The zero-order valence-electron chi connectivity index (χ0n) is 16.9. The van der Waals surface area contributed by atoms with Gasteiger partial charge < -0.3 is 18.8 Å². The van der Waals surface area contributed by atoms with Gasteiger partial charge in [0.05, 0.1) is 24.9 Å². The Kier molecular flexibility index (Phi) is 6.66. The number of hydrogen-bond acceptors (Lipinski definition) is 5. The molecule has 0 aliphatic rings. The number of aryl methyl sites for hydroxylation is 1. The van der Waals surface area contributed by atoms with Gasteiger partial charge in [0.1, 0.15) is 6.61 Å². The van der Waals surface area contributed by atoms with Crippen LogP contribution in [0.15, 0.2) is 48.7 Å². The van der Waals surface area contributed by atoms with Gasteiger partial charge in [0, 0.05) is 17.6 Å². The van der Waals surface area contributed by atoms with Gasteiger partial charge in [-0.3, -0.25) is 4.98 Å². The highest BCUT2D eigenvalue weighted by atomic mass is 19.3. The normalized spacial score (nSPS) is 10.9. The number of nitrogens with zero attached hydrogens (tertiary/aromatic N) is 2. The molecule has 0 N–H and O–H groups in total. The summed E-state index contributed by atoms with van der Waals surface area (Å²) in [4.78, 5) is 16.9. The van der Waals surface area contributed by atoms with E-state index in [1.165, 1.54) is 25.3 Å². The molecule has 158 valence electrons. The molecular weight excluding hydrogens is 394 g/mol. The van der Waals surface area contributed by atoms with Crippen molar-refractivity contribution in [2.75, 3.05) is 7.11 Å². The molecule has 0 saturated carbocycles. The van der Waals surface area contributed by atoms with E-state index in [-0.39, 0.29) is 18.1 Å². The summed E-state index contributed by atoms with van der Waals surface area (Å²) in [6, 6.07) is 11.9. The van der Waals surface area contributed by atoms with E-state index in [9.17, 15) is 13.6 Å². The highest BCUT2D eigenvalue weighted by molar-refractivity contribution is 5.91. The smallest absolute Gasteiger partial charge is 0.387 e. The molecule has 6 nitrogen and oxygen atoms in total. The fourth-order valence-corrected chi connectivity index (χ4v) is 3.13. The Morgan fingerprint density at radius 3 is 2.60 bits per heavy atom. The van der Waals surface area contributed by atoms with Crippen molar-refractivity contribution in [3.05, 3.63) is 76.9 Å². The summed E-state index contributed by atoms with van der Waals surface area (Å²) in [5.74, 6) is -0.416. The number of esters is 1. The maximum absolute atomic E-state index is 12.6. The van der Waals surface area contributed by atoms with Crippen LogP contribution >= 0.6 is 0 Å². The third-order valence-corrected chi connectivity index (χ3v) is 4.65. The molecule has 0 unspecified atom stereocenters. The maximum Gasteiger partial charge on any atom is 0.387 e. The third kappa shape index (κ3) is 4.94. The second kappa shape index (κ2) is 9.39. The highest BCUT2D eigenvalue weighted by Crippen LogP contribution is 2.30. The SMILES string of the molecule is COc1cc(COC(=O)c2cc(C)n(Cc3ccccn3)c2C)ccc1OC(F)F. The standard InChI is InChI=1S/C22H22F2N2O4/c1-14-10-18(15(2)26(14)12-17-6-4-5-9-25-17)21(27)29-13-16-7-8-19(30-22(23)24)20(11-16)28-3/h4-11,22H,12-13H2,1-3H3. The number of carbonyl (C=O) groups is 1. The first-order valence-corrected chi connectivity index (χ1v) is 9.24. The number of ether oxygens (including phenoxy) is 3. The van der Waals surface area contributed by atoms with Gasteiger partial charge in [-0.15, -0.1) is 0 Å². The zero-order chi connectivity index (χ0) is 21.7. The molecule has 0 saturated heterocycles. The Morgan fingerprint density at radius 2 is 1.93 bits per heavy atom. The van der Waals surface area contributed by atoms with Gasteiger partial charge in [-0.1, -0.05) is 12.1 Å². The molecule has 0 radical (unpaired) electrons. The van der Waals surface area contributed by atoms with E-state index in [0.717, 1.165) is 17.1 Å². The van der Waals surface area contributed by atoms with Gasteiger partial charge in [-0.25, -0.2) is 4.79 Å². The lowest BCUT2D eigenvalue weighted by molar-refractivity contribution is -0.0512. The number of carbonyl (C=O) groups excluding carboxylic acids is 1. The van der Waals surface area contributed by atoms with Crippen LogP contribution in [0, 0.1) is 13.8 Å². The molecule has 0 amide bonds. The quantitative estimate of drug-likeness (QED) is 0.506. The second-order valence-electron chi connectivity index (χ2n) is 6.63. The number of methoxy groups -OCH3 is 1. The molecule has 0 fully saturated rings. The van der Waals surface area contributed by atoms with Gasteiger partial charge in [0.2, 0.25) is 0 Å². The molecule has 0 aliphatic heterocycles. The summed E-state index contributed by atoms with van der Waals surface area (Å²) < 4.78 is 41.7. The number of alkyl halides is 2. The van der Waals surface area contributed by atoms with Crippen LogP contribution in [0.25, 0.3) is 0 Å². The van der Waals surface area contributed by atoms with Crippen molar-refractivity contribution in [3.8, 4) is 11.5 Å². The Balaban J connectivity index is 1.70. The van der Waals surface area contributed by atoms with Gasteiger partial charge in [0.15, 0.2) is 11.5 Å². The van der Waals surface area contributed by atoms with Crippen molar-refractivity contribution in [1.29, 1.82) is 0 Å². The molecule has 30 heavy (non-hydrogen) atoms. The van der Waals surface area contributed by atoms with Crippen LogP contribution in [0.1, 0.15) is 33.0 Å². The minimum atomic E-state index is -2.95. The number of aromatic nitrogens is 2. The number of rotatable bonds is 8. The highest BCUT2D eigenvalue weighted by Gasteiger charge is 2.18. The van der Waals surface area contributed by atoms with E-state index in [2.05, 4.69) is 9.72 Å². The number of benzene rings is 1. The topological polar surface area (TPSA) is 62.6 Å². The fourth-order valence-electron chi connectivity index (χ4n) is 3.13. The number of pyridine rings is 1. The van der Waals surface area contributed by atoms with Crippen LogP contribution < -0.4 is 9.47 Å². The molecule has 1 aromatic carbocycles. The van der Waals surface area contributed by atoms with Crippen molar-refractivity contribution < 1.29 is 27.8 Å². The lowest BCUT2D eigenvalue weighted by Crippen LogP contribution is -2.09. The molecular formula is C22H22F2N2O4. The van der Waals surface area contributed by atoms with Crippen LogP contribution in [0.4, 0.5) is 8.78 Å². The van der Waals surface area contributed by atoms with Crippen LogP contribution in [0.5, 0.6) is 11.5 Å². The van der Waals surface area contributed by atoms with Crippen LogP contribution in [0.2, 0.25) is 0 Å². The molecule has 2 aromatic heterocycles. The van der Waals surface area contributed by atoms with Gasteiger partial charge in [0.25, 0.3) is 0 Å². The van der Waals surface area contributed by atoms with E-state index >= 15 is 0 Å².